The van der Waals surface area contributed by atoms with Crippen LogP contribution in [0.5, 0.6) is 5.75 Å². The van der Waals surface area contributed by atoms with Crippen LogP contribution >= 0.6 is 11.6 Å². The van der Waals surface area contributed by atoms with E-state index in [2.05, 4.69) is 10.3 Å². The summed E-state index contributed by atoms with van der Waals surface area (Å²) in [6.07, 6.45) is 0. The number of ether oxygens (including phenoxy) is 2. The second-order valence-electron chi connectivity index (χ2n) is 5.45. The fraction of sp³-hybridized carbons (Fsp3) is 0.333. The van der Waals surface area contributed by atoms with Gasteiger partial charge >= 0.3 is 5.97 Å². The second-order valence-corrected chi connectivity index (χ2v) is 5.86. The topological polar surface area (TPSA) is 60.5 Å². The molecule has 1 heterocycles. The minimum atomic E-state index is -0.458. The molecule has 0 saturated heterocycles. The number of pyridine rings is 1. The third-order valence-corrected chi connectivity index (χ3v) is 3.72. The van der Waals surface area contributed by atoms with Crippen molar-refractivity contribution in [2.24, 2.45) is 0 Å². The van der Waals surface area contributed by atoms with Crippen molar-refractivity contribution in [2.45, 2.75) is 26.7 Å². The maximum absolute atomic E-state index is 12.0. The molecule has 0 radical (unpaired) electrons. The van der Waals surface area contributed by atoms with Gasteiger partial charge in [-0.3, -0.25) is 0 Å². The number of methoxy groups -OCH3 is 1. The number of esters is 1. The van der Waals surface area contributed by atoms with Gasteiger partial charge in [-0.2, -0.15) is 0 Å². The Hall–Kier alpha value is -2.27. The van der Waals surface area contributed by atoms with Crippen LogP contribution in [0, 0.1) is 0 Å². The Bertz CT molecular complexity index is 732. The molecule has 1 aromatic heterocycles. The minimum Gasteiger partial charge on any atom is -0.490 e. The van der Waals surface area contributed by atoms with Crippen LogP contribution in [0.3, 0.4) is 0 Å². The predicted molar refractivity (Wildman–Crippen MR) is 95.6 cm³/mol. The molecular weight excluding hydrogens is 328 g/mol. The van der Waals surface area contributed by atoms with E-state index in [-0.39, 0.29) is 5.92 Å². The van der Waals surface area contributed by atoms with Gasteiger partial charge in [-0.05, 0) is 37.1 Å². The molecule has 1 N–H and O–H groups in total. The van der Waals surface area contributed by atoms with Gasteiger partial charge in [0.15, 0.2) is 5.75 Å². The van der Waals surface area contributed by atoms with Gasteiger partial charge in [-0.25, -0.2) is 9.78 Å². The van der Waals surface area contributed by atoms with Crippen LogP contribution in [0.1, 0.15) is 42.7 Å². The van der Waals surface area contributed by atoms with Gasteiger partial charge in [0.05, 0.1) is 24.4 Å². The van der Waals surface area contributed by atoms with E-state index in [1.54, 1.807) is 18.2 Å². The summed E-state index contributed by atoms with van der Waals surface area (Å²) in [7, 11) is 1.34. The first kappa shape index (κ1) is 18.1. The summed E-state index contributed by atoms with van der Waals surface area (Å²) in [4.78, 5) is 16.6. The highest BCUT2D eigenvalue weighted by molar-refractivity contribution is 6.32. The zero-order valence-electron chi connectivity index (χ0n) is 14.2. The average Bonchev–Trinajstić information content (AvgIpc) is 2.57. The molecule has 2 aromatic rings. The van der Waals surface area contributed by atoms with E-state index >= 15 is 0 Å². The summed E-state index contributed by atoms with van der Waals surface area (Å²) in [6.45, 7) is 6.43. The Morgan fingerprint density at radius 2 is 2.04 bits per heavy atom. The van der Waals surface area contributed by atoms with Gasteiger partial charge in [-0.15, -0.1) is 0 Å². The van der Waals surface area contributed by atoms with Crippen molar-refractivity contribution in [1.82, 2.24) is 4.98 Å². The first-order chi connectivity index (χ1) is 11.5. The van der Waals surface area contributed by atoms with Crippen LogP contribution in [-0.4, -0.2) is 24.7 Å². The molecule has 2 rings (SSSR count). The van der Waals surface area contributed by atoms with E-state index in [0.717, 1.165) is 5.69 Å². The zero-order valence-corrected chi connectivity index (χ0v) is 15.0. The number of aromatic nitrogens is 1. The standard InChI is InChI=1S/C18H21ClN2O3/c1-5-24-16-13(19)7-6-8-15(16)21-17-12(18(22)23-4)9-10-14(20-17)11(2)3/h6-11H,5H2,1-4H3,(H,20,21). The third kappa shape index (κ3) is 3.97. The third-order valence-electron chi connectivity index (χ3n) is 3.42. The summed E-state index contributed by atoms with van der Waals surface area (Å²) in [6, 6.07) is 8.90. The van der Waals surface area contributed by atoms with Crippen molar-refractivity contribution in [3.63, 3.8) is 0 Å². The molecule has 0 fully saturated rings. The van der Waals surface area contributed by atoms with Crippen molar-refractivity contribution in [2.75, 3.05) is 19.0 Å². The normalized spacial score (nSPS) is 10.6. The van der Waals surface area contributed by atoms with Crippen molar-refractivity contribution >= 4 is 29.1 Å². The van der Waals surface area contributed by atoms with E-state index in [1.165, 1.54) is 7.11 Å². The van der Waals surface area contributed by atoms with Gasteiger partial charge < -0.3 is 14.8 Å². The first-order valence-corrected chi connectivity index (χ1v) is 8.13. The zero-order chi connectivity index (χ0) is 17.7. The van der Waals surface area contributed by atoms with Crippen molar-refractivity contribution in [3.05, 3.63) is 46.6 Å². The summed E-state index contributed by atoms with van der Waals surface area (Å²) >= 11 is 6.21. The largest absolute Gasteiger partial charge is 0.490 e. The molecule has 0 aliphatic carbocycles. The summed E-state index contributed by atoms with van der Waals surface area (Å²) in [5, 5.41) is 3.64. The predicted octanol–water partition coefficient (Wildman–Crippen LogP) is 4.79. The Balaban J connectivity index is 2.50. The lowest BCUT2D eigenvalue weighted by molar-refractivity contribution is 0.0601. The lowest BCUT2D eigenvalue weighted by Gasteiger charge is -2.16. The molecule has 1 aromatic carbocycles. The summed E-state index contributed by atoms with van der Waals surface area (Å²) in [5.74, 6) is 0.703. The molecular formula is C18H21ClN2O3. The van der Waals surface area contributed by atoms with E-state index in [0.29, 0.717) is 34.4 Å². The molecule has 0 saturated carbocycles. The van der Waals surface area contributed by atoms with Crippen LogP contribution in [0.2, 0.25) is 5.02 Å². The SMILES string of the molecule is CCOc1c(Cl)cccc1Nc1nc(C(C)C)ccc1C(=O)OC. The molecule has 0 aliphatic rings. The number of hydrogen-bond donors (Lipinski definition) is 1. The van der Waals surface area contributed by atoms with Crippen LogP contribution in [0.15, 0.2) is 30.3 Å². The smallest absolute Gasteiger partial charge is 0.341 e. The molecule has 0 amide bonds. The van der Waals surface area contributed by atoms with E-state index in [4.69, 9.17) is 21.1 Å². The maximum Gasteiger partial charge on any atom is 0.341 e. The molecule has 128 valence electrons. The number of hydrogen-bond acceptors (Lipinski definition) is 5. The number of carbonyl (C=O) groups is 1. The lowest BCUT2D eigenvalue weighted by atomic mass is 10.1. The Morgan fingerprint density at radius 3 is 2.67 bits per heavy atom. The fourth-order valence-electron chi connectivity index (χ4n) is 2.19. The number of benzene rings is 1. The number of nitrogens with one attached hydrogen (secondary N) is 1. The quantitative estimate of drug-likeness (QED) is 0.761. The highest BCUT2D eigenvalue weighted by Crippen LogP contribution is 2.35. The van der Waals surface area contributed by atoms with Crippen molar-refractivity contribution in [1.29, 1.82) is 0 Å². The fourth-order valence-corrected chi connectivity index (χ4v) is 2.42. The van der Waals surface area contributed by atoms with Crippen LogP contribution < -0.4 is 10.1 Å². The number of para-hydroxylation sites is 1. The molecule has 0 unspecified atom stereocenters. The Kier molecular flexibility index (Phi) is 6.04. The maximum atomic E-state index is 12.0. The van der Waals surface area contributed by atoms with Crippen molar-refractivity contribution < 1.29 is 14.3 Å². The number of rotatable bonds is 6. The Labute approximate surface area is 147 Å². The molecule has 5 nitrogen and oxygen atoms in total. The van der Waals surface area contributed by atoms with Crippen LogP contribution in [0.4, 0.5) is 11.5 Å². The highest BCUT2D eigenvalue weighted by Gasteiger charge is 2.17. The first-order valence-electron chi connectivity index (χ1n) is 7.75. The number of anilines is 2. The number of halogens is 1. The molecule has 0 aliphatic heterocycles. The van der Waals surface area contributed by atoms with Gasteiger partial charge in [0.2, 0.25) is 0 Å². The summed E-state index contributed by atoms with van der Waals surface area (Å²) < 4.78 is 10.4. The molecule has 6 heteroatoms. The van der Waals surface area contributed by atoms with Crippen LogP contribution in [-0.2, 0) is 4.74 Å². The molecule has 0 spiro atoms. The van der Waals surface area contributed by atoms with Gasteiger partial charge in [-0.1, -0.05) is 31.5 Å². The minimum absolute atomic E-state index is 0.225. The van der Waals surface area contributed by atoms with Gasteiger partial charge in [0, 0.05) is 5.69 Å². The number of nitrogens with zero attached hydrogens (tertiary/aromatic N) is 1. The molecule has 24 heavy (non-hydrogen) atoms. The van der Waals surface area contributed by atoms with E-state index in [1.807, 2.05) is 32.9 Å². The number of carbonyl (C=O) groups excluding carboxylic acids is 1. The average molecular weight is 349 g/mol. The van der Waals surface area contributed by atoms with Gasteiger partial charge in [0.1, 0.15) is 11.4 Å². The van der Waals surface area contributed by atoms with E-state index < -0.39 is 5.97 Å². The highest BCUT2D eigenvalue weighted by atomic mass is 35.5. The monoisotopic (exact) mass is 348 g/mol. The van der Waals surface area contributed by atoms with Gasteiger partial charge in [0.25, 0.3) is 0 Å². The summed E-state index contributed by atoms with van der Waals surface area (Å²) in [5.41, 5.74) is 1.86. The molecule has 0 atom stereocenters. The van der Waals surface area contributed by atoms with Crippen LogP contribution in [0.25, 0.3) is 0 Å². The lowest BCUT2D eigenvalue weighted by Crippen LogP contribution is -2.10. The Morgan fingerprint density at radius 1 is 1.29 bits per heavy atom. The molecule has 0 bridgehead atoms. The van der Waals surface area contributed by atoms with E-state index in [9.17, 15) is 4.79 Å². The second kappa shape index (κ2) is 8.02. The van der Waals surface area contributed by atoms with Crippen molar-refractivity contribution in [3.8, 4) is 5.75 Å².